The second-order valence-corrected chi connectivity index (χ2v) is 12.4. The van der Waals surface area contributed by atoms with E-state index >= 15 is 0 Å². The van der Waals surface area contributed by atoms with E-state index in [4.69, 9.17) is 19.9 Å². The van der Waals surface area contributed by atoms with Gasteiger partial charge in [-0.05, 0) is 69.7 Å². The zero-order chi connectivity index (χ0) is 30.3. The molecule has 44 heavy (non-hydrogen) atoms. The predicted octanol–water partition coefficient (Wildman–Crippen LogP) is 3.73. The molecular weight excluding hydrogens is 546 g/mol. The van der Waals surface area contributed by atoms with Crippen molar-refractivity contribution in [1.82, 2.24) is 44.4 Å². The minimum Gasteiger partial charge on any atom is -0.304 e. The van der Waals surface area contributed by atoms with Gasteiger partial charge in [-0.15, -0.1) is 0 Å². The van der Waals surface area contributed by atoms with Crippen LogP contribution in [0.5, 0.6) is 0 Å². The minimum atomic E-state index is 0.737. The molecule has 0 atom stereocenters. The Hall–Kier alpha value is -3.60. The smallest absolute Gasteiger partial charge is 0.0890 e. The third kappa shape index (κ3) is 8.31. The predicted molar refractivity (Wildman–Crippen MR) is 176 cm³/mol. The van der Waals surface area contributed by atoms with E-state index in [9.17, 15) is 0 Å². The fourth-order valence-corrected chi connectivity index (χ4v) is 5.83. The van der Waals surface area contributed by atoms with Crippen LogP contribution < -0.4 is 0 Å². The number of aromatic nitrogens is 4. The van der Waals surface area contributed by atoms with Crippen molar-refractivity contribution in [2.24, 2.45) is 0 Å². The molecule has 9 nitrogen and oxygen atoms in total. The molecule has 0 unspecified atom stereocenters. The quantitative estimate of drug-likeness (QED) is 0.285. The first-order chi connectivity index (χ1) is 21.5. The van der Waals surface area contributed by atoms with Gasteiger partial charge in [-0.25, -0.2) is 19.9 Å². The SMILES string of the molecule is CN1CCN(C)CCN2Cc3cccc(n3)-c3cccc(n3)CN(CCN(C)CC1)Cc1cccc(n1)-c1cccc(n1)C2. The van der Waals surface area contributed by atoms with Gasteiger partial charge < -0.3 is 14.7 Å². The van der Waals surface area contributed by atoms with Crippen LogP contribution in [-0.4, -0.2) is 118 Å². The largest absolute Gasteiger partial charge is 0.304 e. The first-order valence-electron chi connectivity index (χ1n) is 15.8. The number of hydrogen-bond donors (Lipinski definition) is 0. The van der Waals surface area contributed by atoms with Gasteiger partial charge in [-0.2, -0.15) is 0 Å². The molecule has 3 aliphatic heterocycles. The van der Waals surface area contributed by atoms with Gasteiger partial charge in [0.25, 0.3) is 0 Å². The molecule has 0 N–H and O–H groups in total. The van der Waals surface area contributed by atoms with Crippen LogP contribution in [0.1, 0.15) is 22.8 Å². The number of nitrogens with zero attached hydrogens (tertiary/aromatic N) is 9. The van der Waals surface area contributed by atoms with E-state index in [1.807, 2.05) is 0 Å². The van der Waals surface area contributed by atoms with Gasteiger partial charge in [-0.3, -0.25) is 9.80 Å². The first-order valence-corrected chi connectivity index (χ1v) is 15.8. The third-order valence-electron chi connectivity index (χ3n) is 8.62. The molecule has 0 fully saturated rings. The molecule has 7 rings (SSSR count). The Bertz CT molecular complexity index is 1320. The lowest BCUT2D eigenvalue weighted by molar-refractivity contribution is 0.180. The molecule has 10 bridgehead atoms. The molecule has 0 aromatic carbocycles. The van der Waals surface area contributed by atoms with Crippen LogP contribution in [-0.2, 0) is 26.2 Å². The number of rotatable bonds is 0. The van der Waals surface area contributed by atoms with Crippen molar-refractivity contribution in [1.29, 1.82) is 0 Å². The lowest BCUT2D eigenvalue weighted by Crippen LogP contribution is -2.39. The van der Waals surface area contributed by atoms with Crippen LogP contribution in [0.4, 0.5) is 0 Å². The molecule has 4 aromatic heterocycles. The molecule has 0 amide bonds. The van der Waals surface area contributed by atoms with Crippen molar-refractivity contribution in [3.63, 3.8) is 0 Å². The molecule has 0 saturated heterocycles. The van der Waals surface area contributed by atoms with Gasteiger partial charge in [0.2, 0.25) is 0 Å². The minimum absolute atomic E-state index is 0.737. The first kappa shape index (κ1) is 30.4. The molecule has 0 aliphatic carbocycles. The maximum Gasteiger partial charge on any atom is 0.0890 e. The van der Waals surface area contributed by atoms with Gasteiger partial charge in [0.05, 0.1) is 45.6 Å². The fraction of sp³-hybridized carbons (Fsp3) is 0.429. The zero-order valence-electron chi connectivity index (χ0n) is 26.4. The number of pyridine rings is 4. The number of hydrogen-bond acceptors (Lipinski definition) is 9. The van der Waals surface area contributed by atoms with Gasteiger partial charge in [-0.1, -0.05) is 24.3 Å². The van der Waals surface area contributed by atoms with E-state index in [0.29, 0.717) is 0 Å². The Morgan fingerprint density at radius 3 is 0.886 bits per heavy atom. The summed E-state index contributed by atoms with van der Waals surface area (Å²) in [5.41, 5.74) is 7.82. The molecule has 0 saturated carbocycles. The van der Waals surface area contributed by atoms with Crippen LogP contribution in [0.2, 0.25) is 0 Å². The highest BCUT2D eigenvalue weighted by molar-refractivity contribution is 5.55. The Balaban J connectivity index is 1.43. The standard InChI is InChI=1S/C35H45N9/c1-40-16-18-41(2)20-22-43-24-28-8-4-12-32(36-28)34-14-6-10-30(38-34)26-44(23-21-42(3)19-17-40)27-31-11-7-15-35(39-31)33-13-5-9-29(25-43)37-33/h4-15H,16-27H2,1-3H3. The summed E-state index contributed by atoms with van der Waals surface area (Å²) in [6.45, 7) is 10.9. The molecule has 9 heteroatoms. The summed E-state index contributed by atoms with van der Waals surface area (Å²) in [6.07, 6.45) is 0. The highest BCUT2D eigenvalue weighted by atomic mass is 15.2. The van der Waals surface area contributed by atoms with Crippen LogP contribution in [0.25, 0.3) is 22.8 Å². The Labute approximate surface area is 262 Å². The lowest BCUT2D eigenvalue weighted by atomic mass is 10.2. The summed E-state index contributed by atoms with van der Waals surface area (Å²) >= 11 is 0. The summed E-state index contributed by atoms with van der Waals surface area (Å²) < 4.78 is 0. The van der Waals surface area contributed by atoms with E-state index in [-0.39, 0.29) is 0 Å². The van der Waals surface area contributed by atoms with Crippen molar-refractivity contribution in [2.45, 2.75) is 26.2 Å². The Morgan fingerprint density at radius 1 is 0.364 bits per heavy atom. The second-order valence-electron chi connectivity index (χ2n) is 12.4. The van der Waals surface area contributed by atoms with Gasteiger partial charge in [0.15, 0.2) is 0 Å². The van der Waals surface area contributed by atoms with Crippen molar-refractivity contribution in [3.8, 4) is 22.8 Å². The lowest BCUT2D eigenvalue weighted by Gasteiger charge is -2.28. The summed E-state index contributed by atoms with van der Waals surface area (Å²) in [5, 5.41) is 0. The maximum atomic E-state index is 5.11. The maximum absolute atomic E-state index is 5.11. The summed E-state index contributed by atoms with van der Waals surface area (Å²) in [7, 11) is 6.69. The van der Waals surface area contributed by atoms with Gasteiger partial charge >= 0.3 is 0 Å². The van der Waals surface area contributed by atoms with Crippen molar-refractivity contribution in [3.05, 3.63) is 95.6 Å². The number of fused-ring (bicyclic) bond motifs is 10. The molecular formula is C35H45N9. The van der Waals surface area contributed by atoms with Crippen molar-refractivity contribution >= 4 is 0 Å². The van der Waals surface area contributed by atoms with E-state index in [1.54, 1.807) is 0 Å². The fourth-order valence-electron chi connectivity index (χ4n) is 5.83. The van der Waals surface area contributed by atoms with E-state index in [0.717, 1.165) is 124 Å². The van der Waals surface area contributed by atoms with Crippen LogP contribution in [0.15, 0.2) is 72.8 Å². The van der Waals surface area contributed by atoms with E-state index in [2.05, 4.69) is 118 Å². The van der Waals surface area contributed by atoms with E-state index < -0.39 is 0 Å². The summed E-state index contributed by atoms with van der Waals surface area (Å²) in [4.78, 5) is 32.7. The number of likely N-dealkylation sites (N-methyl/N-ethyl adjacent to an activating group) is 3. The normalized spacial score (nSPS) is 21.5. The van der Waals surface area contributed by atoms with Crippen molar-refractivity contribution in [2.75, 3.05) is 73.5 Å². The topological polar surface area (TPSA) is 67.8 Å². The van der Waals surface area contributed by atoms with E-state index in [1.165, 1.54) is 0 Å². The second kappa shape index (κ2) is 14.5. The van der Waals surface area contributed by atoms with Gasteiger partial charge in [0, 0.05) is 78.5 Å². The summed E-state index contributed by atoms with van der Waals surface area (Å²) in [6, 6.07) is 25.3. The highest BCUT2D eigenvalue weighted by Crippen LogP contribution is 2.21. The third-order valence-corrected chi connectivity index (χ3v) is 8.62. The zero-order valence-corrected chi connectivity index (χ0v) is 26.4. The van der Waals surface area contributed by atoms with Gasteiger partial charge in [0.1, 0.15) is 0 Å². The Morgan fingerprint density at radius 2 is 0.614 bits per heavy atom. The van der Waals surface area contributed by atoms with Crippen molar-refractivity contribution < 1.29 is 0 Å². The Kier molecular flexibility index (Phi) is 10.00. The van der Waals surface area contributed by atoms with Crippen LogP contribution in [0.3, 0.4) is 0 Å². The average molecular weight is 592 g/mol. The molecule has 0 spiro atoms. The molecule has 3 aliphatic rings. The molecule has 4 aromatic rings. The monoisotopic (exact) mass is 591 g/mol. The molecule has 0 radical (unpaired) electrons. The van der Waals surface area contributed by atoms with Crippen LogP contribution in [0, 0.1) is 0 Å². The van der Waals surface area contributed by atoms with Crippen LogP contribution >= 0.6 is 0 Å². The molecule has 230 valence electrons. The highest BCUT2D eigenvalue weighted by Gasteiger charge is 2.16. The molecule has 7 heterocycles. The average Bonchev–Trinajstić information content (AvgIpc) is 3.04. The summed E-state index contributed by atoms with van der Waals surface area (Å²) in [5.74, 6) is 0.